The number of fused-ring (bicyclic) bond motifs is 1. The monoisotopic (exact) mass is 544 g/mol. The van der Waals surface area contributed by atoms with Gasteiger partial charge in [-0.25, -0.2) is 13.8 Å². The molecule has 202 valence electrons. The number of carbonyl (C=O) groups is 1. The molecule has 0 fully saturated rings. The maximum Gasteiger partial charge on any atom is 0.303 e. The molecule has 3 N–H and O–H groups in total. The van der Waals surface area contributed by atoms with Gasteiger partial charge < -0.3 is 19.8 Å². The van der Waals surface area contributed by atoms with Crippen molar-refractivity contribution >= 4 is 16.9 Å². The predicted molar refractivity (Wildman–Crippen MR) is 141 cm³/mol. The minimum Gasteiger partial charge on any atom is -0.481 e. The molecule has 0 amide bonds. The molecule has 0 spiro atoms. The van der Waals surface area contributed by atoms with E-state index >= 15 is 0 Å². The molecule has 3 aromatic carbocycles. The molecule has 0 aliphatic carbocycles. The third-order valence-electron chi connectivity index (χ3n) is 6.99. The fourth-order valence-corrected chi connectivity index (χ4v) is 4.63. The average Bonchev–Trinajstić information content (AvgIpc) is 3.65. The molecule has 2 heterocycles. The topological polar surface area (TPSA) is 115 Å². The number of carboxylic acids is 1. The van der Waals surface area contributed by atoms with Crippen molar-refractivity contribution in [1.29, 1.82) is 5.26 Å². The first kappa shape index (κ1) is 26.6. The van der Waals surface area contributed by atoms with Crippen LogP contribution in [0.5, 0.6) is 11.5 Å². The van der Waals surface area contributed by atoms with Crippen LogP contribution in [-0.2, 0) is 16.6 Å². The van der Waals surface area contributed by atoms with E-state index in [1.165, 1.54) is 24.5 Å². The van der Waals surface area contributed by atoms with Gasteiger partial charge in [0.1, 0.15) is 22.8 Å². The molecule has 0 saturated heterocycles. The summed E-state index contributed by atoms with van der Waals surface area (Å²) < 4.78 is 50.0. The summed E-state index contributed by atoms with van der Waals surface area (Å²) in [6.45, 7) is 3.27. The number of imidazole rings is 1. The summed E-state index contributed by atoms with van der Waals surface area (Å²) in [4.78, 5) is 20.9. The molecular formula is C30H23F3N4O3. The number of carboxylic acid groups (broad SMARTS) is 1. The number of aryl methyl sites for hydroxylation is 2. The minimum absolute atomic E-state index is 0.000467. The van der Waals surface area contributed by atoms with Crippen molar-refractivity contribution in [1.82, 2.24) is 15.0 Å². The Bertz CT molecular complexity index is 1800. The Balaban J connectivity index is 1.48. The van der Waals surface area contributed by atoms with Crippen LogP contribution in [-0.4, -0.2) is 26.0 Å². The quantitative estimate of drug-likeness (QED) is 0.196. The van der Waals surface area contributed by atoms with E-state index in [-0.39, 0.29) is 34.8 Å². The zero-order valence-corrected chi connectivity index (χ0v) is 21.5. The smallest absolute Gasteiger partial charge is 0.303 e. The van der Waals surface area contributed by atoms with E-state index in [0.29, 0.717) is 28.6 Å². The lowest BCUT2D eigenvalue weighted by Gasteiger charge is -2.21. The van der Waals surface area contributed by atoms with Gasteiger partial charge in [-0.3, -0.25) is 4.79 Å². The van der Waals surface area contributed by atoms with E-state index in [1.54, 1.807) is 44.2 Å². The van der Waals surface area contributed by atoms with Crippen molar-refractivity contribution in [2.24, 2.45) is 0 Å². The van der Waals surface area contributed by atoms with Gasteiger partial charge in [0, 0.05) is 23.6 Å². The Labute approximate surface area is 226 Å². The predicted octanol–water partition coefficient (Wildman–Crippen LogP) is 6.92. The van der Waals surface area contributed by atoms with Gasteiger partial charge in [0.15, 0.2) is 11.6 Å². The van der Waals surface area contributed by atoms with E-state index in [9.17, 15) is 23.2 Å². The lowest BCUT2D eigenvalue weighted by atomic mass is 9.80. The van der Waals surface area contributed by atoms with E-state index in [2.05, 4.69) is 21.0 Å². The zero-order chi connectivity index (χ0) is 28.6. The summed E-state index contributed by atoms with van der Waals surface area (Å²) in [5.74, 6) is -3.98. The Kier molecular flexibility index (Phi) is 6.81. The molecule has 5 aromatic rings. The number of aromatic amines is 2. The number of nitrogens with one attached hydrogen (secondary N) is 2. The second-order valence-corrected chi connectivity index (χ2v) is 9.57. The molecular weight excluding hydrogens is 521 g/mol. The van der Waals surface area contributed by atoms with E-state index in [4.69, 9.17) is 9.84 Å². The summed E-state index contributed by atoms with van der Waals surface area (Å²) in [7, 11) is 0. The molecule has 1 unspecified atom stereocenters. The first-order chi connectivity index (χ1) is 19.1. The SMILES string of the molecule is Cc1c(Oc2ccc(F)c(-c3ncc(C(C)(C#N)c4cccc(CCC(=O)O)c4)[nH]3)c2)c(F)c(F)c2[nH]ccc12. The van der Waals surface area contributed by atoms with Gasteiger partial charge in [0.05, 0.1) is 29.0 Å². The normalized spacial score (nSPS) is 12.7. The van der Waals surface area contributed by atoms with E-state index < -0.39 is 28.8 Å². The Morgan fingerprint density at radius 3 is 2.70 bits per heavy atom. The van der Waals surface area contributed by atoms with Crippen LogP contribution in [0, 0.1) is 35.7 Å². The van der Waals surface area contributed by atoms with Gasteiger partial charge in [0.25, 0.3) is 0 Å². The van der Waals surface area contributed by atoms with Crippen LogP contribution in [0.3, 0.4) is 0 Å². The van der Waals surface area contributed by atoms with Crippen LogP contribution in [0.25, 0.3) is 22.3 Å². The van der Waals surface area contributed by atoms with Crippen LogP contribution in [0.1, 0.15) is 35.7 Å². The van der Waals surface area contributed by atoms with Crippen molar-refractivity contribution in [2.45, 2.75) is 32.1 Å². The lowest BCUT2D eigenvalue weighted by molar-refractivity contribution is -0.136. The van der Waals surface area contributed by atoms with Gasteiger partial charge in [0.2, 0.25) is 5.82 Å². The maximum absolute atomic E-state index is 14.9. The lowest BCUT2D eigenvalue weighted by Crippen LogP contribution is -2.22. The third-order valence-corrected chi connectivity index (χ3v) is 6.99. The van der Waals surface area contributed by atoms with Crippen molar-refractivity contribution in [3.8, 4) is 29.0 Å². The molecule has 0 radical (unpaired) electrons. The van der Waals surface area contributed by atoms with Gasteiger partial charge in [-0.15, -0.1) is 0 Å². The molecule has 7 nitrogen and oxygen atoms in total. The second kappa shape index (κ2) is 10.3. The van der Waals surface area contributed by atoms with Gasteiger partial charge in [-0.2, -0.15) is 9.65 Å². The molecule has 0 aliphatic heterocycles. The zero-order valence-electron chi connectivity index (χ0n) is 21.5. The standard InChI is InChI=1S/C30H23F3N4O3/c1-16-20-10-11-35-27(20)25(32)26(33)28(16)40-19-7-8-22(31)21(13-19)29-36-14-23(37-29)30(2,15-34)18-5-3-4-17(12-18)6-9-24(38)39/h3-5,7-8,10-14,35H,6,9H2,1-2H3,(H,36,37)(H,38,39). The van der Waals surface area contributed by atoms with Crippen LogP contribution < -0.4 is 4.74 Å². The second-order valence-electron chi connectivity index (χ2n) is 9.57. The number of ether oxygens (including phenoxy) is 1. The molecule has 0 bridgehead atoms. The van der Waals surface area contributed by atoms with Crippen molar-refractivity contribution < 1.29 is 27.8 Å². The number of hydrogen-bond acceptors (Lipinski definition) is 4. The number of rotatable bonds is 8. The largest absolute Gasteiger partial charge is 0.481 e. The number of halogens is 3. The molecule has 10 heteroatoms. The average molecular weight is 545 g/mol. The third kappa shape index (κ3) is 4.66. The first-order valence-electron chi connectivity index (χ1n) is 12.3. The van der Waals surface area contributed by atoms with E-state index in [1.807, 2.05) is 0 Å². The highest BCUT2D eigenvalue weighted by atomic mass is 19.2. The number of benzene rings is 3. The van der Waals surface area contributed by atoms with Crippen LogP contribution in [0.4, 0.5) is 13.2 Å². The highest BCUT2D eigenvalue weighted by Crippen LogP contribution is 2.38. The fraction of sp³-hybridized carbons (Fsp3) is 0.167. The summed E-state index contributed by atoms with van der Waals surface area (Å²) >= 11 is 0. The summed E-state index contributed by atoms with van der Waals surface area (Å²) in [5.41, 5.74) is 0.940. The Hall–Kier alpha value is -5.04. The number of aliphatic carboxylic acids is 1. The fourth-order valence-electron chi connectivity index (χ4n) is 4.63. The summed E-state index contributed by atoms with van der Waals surface area (Å²) in [6.07, 6.45) is 3.18. The van der Waals surface area contributed by atoms with Gasteiger partial charge in [-0.05, 0) is 55.7 Å². The molecule has 0 saturated carbocycles. The van der Waals surface area contributed by atoms with Crippen molar-refractivity contribution in [3.05, 3.63) is 101 Å². The molecule has 1 atom stereocenters. The number of hydrogen-bond donors (Lipinski definition) is 3. The minimum atomic E-state index is -1.21. The Morgan fingerprint density at radius 1 is 1.15 bits per heavy atom. The highest BCUT2D eigenvalue weighted by molar-refractivity contribution is 5.86. The number of H-pyrrole nitrogens is 2. The van der Waals surface area contributed by atoms with Crippen molar-refractivity contribution in [2.75, 3.05) is 0 Å². The van der Waals surface area contributed by atoms with Crippen LogP contribution >= 0.6 is 0 Å². The molecule has 2 aromatic heterocycles. The molecule has 40 heavy (non-hydrogen) atoms. The van der Waals surface area contributed by atoms with Crippen LogP contribution in [0.15, 0.2) is 60.9 Å². The highest BCUT2D eigenvalue weighted by Gasteiger charge is 2.32. The summed E-state index contributed by atoms with van der Waals surface area (Å²) in [5, 5.41) is 19.6. The first-order valence-corrected chi connectivity index (χ1v) is 12.3. The maximum atomic E-state index is 14.9. The molecule has 5 rings (SSSR count). The van der Waals surface area contributed by atoms with Crippen LogP contribution in [0.2, 0.25) is 0 Å². The Morgan fingerprint density at radius 2 is 1.95 bits per heavy atom. The summed E-state index contributed by atoms with van der Waals surface area (Å²) in [6, 6.07) is 14.7. The van der Waals surface area contributed by atoms with Gasteiger partial charge in [-0.1, -0.05) is 24.3 Å². The number of nitrogens with zero attached hydrogens (tertiary/aromatic N) is 2. The molecule has 0 aliphatic rings. The van der Waals surface area contributed by atoms with E-state index in [0.717, 1.165) is 11.6 Å². The number of nitriles is 1. The van der Waals surface area contributed by atoms with Gasteiger partial charge >= 0.3 is 5.97 Å². The van der Waals surface area contributed by atoms with Crippen molar-refractivity contribution in [3.63, 3.8) is 0 Å². The number of aromatic nitrogens is 3.